The predicted octanol–water partition coefficient (Wildman–Crippen LogP) is 2.67. The number of aromatic nitrogens is 1. The number of nitrogens with one attached hydrogen (secondary N) is 1. The Labute approximate surface area is 105 Å². The van der Waals surface area contributed by atoms with Crippen molar-refractivity contribution in [3.8, 4) is 0 Å². The molecule has 0 radical (unpaired) electrons. The van der Waals surface area contributed by atoms with Crippen LogP contribution >= 0.6 is 0 Å². The van der Waals surface area contributed by atoms with E-state index in [2.05, 4.69) is 30.3 Å². The highest BCUT2D eigenvalue weighted by molar-refractivity contribution is 5.05. The van der Waals surface area contributed by atoms with Gasteiger partial charge in [-0.15, -0.1) is 0 Å². The lowest BCUT2D eigenvalue weighted by molar-refractivity contribution is 0.317. The number of nitrogens with two attached hydrogens (primary N) is 1. The molecule has 3 heteroatoms. The first-order valence-electron chi connectivity index (χ1n) is 6.67. The molecule has 0 aliphatic heterocycles. The van der Waals surface area contributed by atoms with E-state index in [4.69, 9.17) is 5.84 Å². The number of nitrogens with zero attached hydrogens (tertiary/aromatic N) is 1. The summed E-state index contributed by atoms with van der Waals surface area (Å²) in [6.07, 6.45) is 7.70. The van der Waals surface area contributed by atoms with Crippen molar-refractivity contribution in [1.82, 2.24) is 10.4 Å². The molecule has 0 aromatic carbocycles. The first-order chi connectivity index (χ1) is 8.31. The molecule has 0 aliphatic rings. The van der Waals surface area contributed by atoms with Crippen LogP contribution in [0, 0.1) is 5.92 Å². The molecule has 3 N–H and O–H groups in total. The Balaban J connectivity index is 2.56. The Bertz CT molecular complexity index is 287. The first-order valence-corrected chi connectivity index (χ1v) is 6.67. The molecule has 0 spiro atoms. The van der Waals surface area contributed by atoms with E-state index in [9.17, 15) is 0 Å². The lowest BCUT2D eigenvalue weighted by atomic mass is 9.89. The fraction of sp³-hybridized carbons (Fsp3) is 0.643. The van der Waals surface area contributed by atoms with Gasteiger partial charge in [-0.3, -0.25) is 16.3 Å². The molecular formula is C14H25N3. The van der Waals surface area contributed by atoms with E-state index in [1.54, 1.807) is 0 Å². The number of unbranched alkanes of at least 4 members (excludes halogenated alkanes) is 1. The van der Waals surface area contributed by atoms with Crippen molar-refractivity contribution in [3.63, 3.8) is 0 Å². The van der Waals surface area contributed by atoms with Gasteiger partial charge in [-0.1, -0.05) is 39.2 Å². The molecule has 3 nitrogen and oxygen atoms in total. The fourth-order valence-electron chi connectivity index (χ4n) is 2.26. The molecule has 2 unspecified atom stereocenters. The molecular weight excluding hydrogens is 210 g/mol. The molecule has 17 heavy (non-hydrogen) atoms. The zero-order valence-corrected chi connectivity index (χ0v) is 11.0. The Morgan fingerprint density at radius 2 is 2.18 bits per heavy atom. The Hall–Kier alpha value is -0.930. The van der Waals surface area contributed by atoms with E-state index < -0.39 is 0 Å². The van der Waals surface area contributed by atoms with Gasteiger partial charge in [0, 0.05) is 24.4 Å². The van der Waals surface area contributed by atoms with Gasteiger partial charge in [0.05, 0.1) is 0 Å². The molecule has 1 aromatic heterocycles. The SMILES string of the molecule is CCCCC(CC)C(Cc1ccccn1)NN. The minimum atomic E-state index is 0.335. The van der Waals surface area contributed by atoms with Crippen LogP contribution in [0.3, 0.4) is 0 Å². The second-order valence-electron chi connectivity index (χ2n) is 4.61. The number of hydrazine groups is 1. The summed E-state index contributed by atoms with van der Waals surface area (Å²) < 4.78 is 0. The lowest BCUT2D eigenvalue weighted by Gasteiger charge is -2.25. The van der Waals surface area contributed by atoms with Gasteiger partial charge in [0.1, 0.15) is 0 Å². The summed E-state index contributed by atoms with van der Waals surface area (Å²) in [5.41, 5.74) is 4.09. The van der Waals surface area contributed by atoms with Gasteiger partial charge in [-0.2, -0.15) is 0 Å². The van der Waals surface area contributed by atoms with E-state index >= 15 is 0 Å². The van der Waals surface area contributed by atoms with E-state index in [0.717, 1.165) is 12.1 Å². The summed E-state index contributed by atoms with van der Waals surface area (Å²) in [6.45, 7) is 4.47. The normalized spacial score (nSPS) is 14.5. The second-order valence-corrected chi connectivity index (χ2v) is 4.61. The third-order valence-corrected chi connectivity index (χ3v) is 3.39. The van der Waals surface area contributed by atoms with Gasteiger partial charge in [0.15, 0.2) is 0 Å². The minimum absolute atomic E-state index is 0.335. The minimum Gasteiger partial charge on any atom is -0.271 e. The first kappa shape index (κ1) is 14.1. The topological polar surface area (TPSA) is 50.9 Å². The van der Waals surface area contributed by atoms with Crippen LogP contribution < -0.4 is 11.3 Å². The predicted molar refractivity (Wildman–Crippen MR) is 72.4 cm³/mol. The van der Waals surface area contributed by atoms with E-state index in [0.29, 0.717) is 12.0 Å². The van der Waals surface area contributed by atoms with Crippen LogP contribution in [-0.2, 0) is 6.42 Å². The van der Waals surface area contributed by atoms with Crippen molar-refractivity contribution >= 4 is 0 Å². The average Bonchev–Trinajstić information content (AvgIpc) is 2.39. The quantitative estimate of drug-likeness (QED) is 0.538. The Kier molecular flexibility index (Phi) is 6.82. The van der Waals surface area contributed by atoms with E-state index in [1.807, 2.05) is 18.3 Å². The van der Waals surface area contributed by atoms with E-state index in [-0.39, 0.29) is 0 Å². The van der Waals surface area contributed by atoms with Gasteiger partial charge in [-0.25, -0.2) is 0 Å². The average molecular weight is 235 g/mol. The maximum Gasteiger partial charge on any atom is 0.0419 e. The molecule has 96 valence electrons. The molecule has 1 heterocycles. The highest BCUT2D eigenvalue weighted by Gasteiger charge is 2.18. The van der Waals surface area contributed by atoms with Crippen molar-refractivity contribution in [2.75, 3.05) is 0 Å². The maximum absolute atomic E-state index is 5.69. The van der Waals surface area contributed by atoms with Crippen molar-refractivity contribution in [1.29, 1.82) is 0 Å². The van der Waals surface area contributed by atoms with Crippen molar-refractivity contribution < 1.29 is 0 Å². The van der Waals surface area contributed by atoms with Crippen LogP contribution in [-0.4, -0.2) is 11.0 Å². The van der Waals surface area contributed by atoms with Crippen molar-refractivity contribution in [2.24, 2.45) is 11.8 Å². The van der Waals surface area contributed by atoms with Crippen LogP contribution in [0.15, 0.2) is 24.4 Å². The molecule has 1 rings (SSSR count). The van der Waals surface area contributed by atoms with Crippen LogP contribution in [0.1, 0.15) is 45.2 Å². The summed E-state index contributed by atoms with van der Waals surface area (Å²) in [5, 5.41) is 0. The molecule has 0 fully saturated rings. The molecule has 0 bridgehead atoms. The Morgan fingerprint density at radius 3 is 2.71 bits per heavy atom. The third kappa shape index (κ3) is 4.84. The highest BCUT2D eigenvalue weighted by atomic mass is 15.2. The highest BCUT2D eigenvalue weighted by Crippen LogP contribution is 2.19. The van der Waals surface area contributed by atoms with Crippen LogP contribution in [0.4, 0.5) is 0 Å². The molecule has 1 aromatic rings. The summed E-state index contributed by atoms with van der Waals surface area (Å²) >= 11 is 0. The van der Waals surface area contributed by atoms with Crippen LogP contribution in [0.2, 0.25) is 0 Å². The summed E-state index contributed by atoms with van der Waals surface area (Å²) in [7, 11) is 0. The zero-order valence-electron chi connectivity index (χ0n) is 11.0. The number of hydrogen-bond donors (Lipinski definition) is 2. The molecule has 0 aliphatic carbocycles. The fourth-order valence-corrected chi connectivity index (χ4v) is 2.26. The summed E-state index contributed by atoms with van der Waals surface area (Å²) in [5.74, 6) is 6.33. The molecule has 0 saturated carbocycles. The summed E-state index contributed by atoms with van der Waals surface area (Å²) in [4.78, 5) is 4.37. The third-order valence-electron chi connectivity index (χ3n) is 3.39. The van der Waals surface area contributed by atoms with Crippen LogP contribution in [0.5, 0.6) is 0 Å². The monoisotopic (exact) mass is 235 g/mol. The standard InChI is InChI=1S/C14H25N3/c1-3-5-8-12(4-2)14(17-15)11-13-9-6-7-10-16-13/h6-7,9-10,12,14,17H,3-5,8,11,15H2,1-2H3. The van der Waals surface area contributed by atoms with Crippen molar-refractivity contribution in [3.05, 3.63) is 30.1 Å². The number of rotatable bonds is 8. The second kappa shape index (κ2) is 8.20. The van der Waals surface area contributed by atoms with Gasteiger partial charge in [0.2, 0.25) is 0 Å². The molecule has 0 saturated heterocycles. The molecule has 2 atom stereocenters. The number of hydrogen-bond acceptors (Lipinski definition) is 3. The smallest absolute Gasteiger partial charge is 0.0419 e. The van der Waals surface area contributed by atoms with Gasteiger partial charge in [-0.05, 0) is 24.5 Å². The maximum atomic E-state index is 5.69. The largest absolute Gasteiger partial charge is 0.271 e. The van der Waals surface area contributed by atoms with Crippen LogP contribution in [0.25, 0.3) is 0 Å². The van der Waals surface area contributed by atoms with Crippen molar-refractivity contribution in [2.45, 2.75) is 52.0 Å². The molecule has 0 amide bonds. The number of pyridine rings is 1. The lowest BCUT2D eigenvalue weighted by Crippen LogP contribution is -2.42. The summed E-state index contributed by atoms with van der Waals surface area (Å²) in [6, 6.07) is 6.38. The van der Waals surface area contributed by atoms with Gasteiger partial charge >= 0.3 is 0 Å². The van der Waals surface area contributed by atoms with E-state index in [1.165, 1.54) is 25.7 Å². The Morgan fingerprint density at radius 1 is 1.35 bits per heavy atom. The van der Waals surface area contributed by atoms with Gasteiger partial charge < -0.3 is 0 Å². The zero-order chi connectivity index (χ0) is 12.5. The van der Waals surface area contributed by atoms with Gasteiger partial charge in [0.25, 0.3) is 0 Å².